The normalized spacial score (nSPS) is 59.8. The molecule has 4 bridgehead atoms. The maximum Gasteiger partial charge on any atom is 0.315 e. The van der Waals surface area contributed by atoms with Crippen LogP contribution in [0.1, 0.15) is 39.0 Å². The van der Waals surface area contributed by atoms with Gasteiger partial charge in [-0.05, 0) is 43.6 Å². The van der Waals surface area contributed by atoms with Crippen LogP contribution in [0, 0.1) is 28.6 Å². The van der Waals surface area contributed by atoms with Crippen LogP contribution in [0.15, 0.2) is 12.2 Å². The fourth-order valence-electron chi connectivity index (χ4n) is 7.67. The van der Waals surface area contributed by atoms with Gasteiger partial charge in [0.05, 0.1) is 28.4 Å². The number of ether oxygens (including phenoxy) is 1. The number of hydrogen-bond donors (Lipinski definition) is 3. The van der Waals surface area contributed by atoms with E-state index in [1.807, 2.05) is 0 Å². The molecule has 5 rings (SSSR count). The van der Waals surface area contributed by atoms with Gasteiger partial charge in [-0.15, -0.1) is 11.6 Å². The minimum absolute atomic E-state index is 0.194. The molecular weight excluding hydrogens is 360 g/mol. The molecule has 3 N–H and O–H groups in total. The van der Waals surface area contributed by atoms with Crippen LogP contribution >= 0.6 is 11.6 Å². The highest BCUT2D eigenvalue weighted by atomic mass is 35.5. The summed E-state index contributed by atoms with van der Waals surface area (Å²) < 4.78 is 5.95. The average Bonchev–Trinajstić information content (AvgIpc) is 2.96. The van der Waals surface area contributed by atoms with E-state index in [2.05, 4.69) is 6.58 Å². The zero-order valence-electron chi connectivity index (χ0n) is 14.6. The van der Waals surface area contributed by atoms with E-state index in [1.165, 1.54) is 0 Å². The van der Waals surface area contributed by atoms with Gasteiger partial charge in [-0.2, -0.15) is 0 Å². The Morgan fingerprint density at radius 3 is 2.77 bits per heavy atom. The van der Waals surface area contributed by atoms with Crippen LogP contribution in [-0.2, 0) is 14.3 Å². The molecule has 142 valence electrons. The number of carboxylic acids is 1. The Kier molecular flexibility index (Phi) is 2.93. The molecule has 7 heteroatoms. The van der Waals surface area contributed by atoms with Crippen LogP contribution in [0.25, 0.3) is 0 Å². The summed E-state index contributed by atoms with van der Waals surface area (Å²) >= 11 is 6.43. The second kappa shape index (κ2) is 4.47. The number of rotatable bonds is 1. The van der Waals surface area contributed by atoms with E-state index >= 15 is 0 Å². The van der Waals surface area contributed by atoms with Crippen LogP contribution in [0.4, 0.5) is 0 Å². The number of hydrogen-bond acceptors (Lipinski definition) is 5. The highest BCUT2D eigenvalue weighted by molar-refractivity contribution is 6.21. The molecule has 1 unspecified atom stereocenters. The van der Waals surface area contributed by atoms with Gasteiger partial charge in [-0.25, -0.2) is 0 Å². The molecule has 5 fully saturated rings. The number of aliphatic hydroxyl groups excluding tert-OH is 1. The first-order chi connectivity index (χ1) is 12.0. The minimum Gasteiger partial charge on any atom is -0.481 e. The smallest absolute Gasteiger partial charge is 0.315 e. The zero-order valence-corrected chi connectivity index (χ0v) is 15.3. The van der Waals surface area contributed by atoms with Crippen molar-refractivity contribution in [3.63, 3.8) is 0 Å². The zero-order chi connectivity index (χ0) is 18.9. The second-order valence-corrected chi connectivity index (χ2v) is 9.96. The lowest BCUT2D eigenvalue weighted by atomic mass is 9.58. The molecule has 1 spiro atoms. The first-order valence-electron chi connectivity index (χ1n) is 9.22. The molecule has 0 aromatic heterocycles. The van der Waals surface area contributed by atoms with Crippen molar-refractivity contribution in [1.29, 1.82) is 0 Å². The second-order valence-electron chi connectivity index (χ2n) is 9.40. The SMILES string of the molecule is C=C1C[C@]23C[C@@]1(O)CC[C@H]2[C@@]12C[C@@H](Cl)[C@H](O)C(C)(C(=O)O1)[C@H]2[C@@H]3C(=O)O. The number of aliphatic carboxylic acids is 1. The standard InChI is InChI=1S/C19H23ClO6/c1-8-5-17-7-18(8,25)4-3-10(17)19-6-9(20)13(21)16(2,15(24)26-19)12(19)11(17)14(22)23/h9-13,21,25H,1,3-7H2,2H3,(H,22,23)/t9-,10-,11-,12-,13+,16?,17+,18+,19-/m1/s1. The quantitative estimate of drug-likeness (QED) is 0.360. The first kappa shape index (κ1) is 17.0. The van der Waals surface area contributed by atoms with Crippen LogP contribution in [0.5, 0.6) is 0 Å². The van der Waals surface area contributed by atoms with Crippen molar-refractivity contribution >= 4 is 23.5 Å². The summed E-state index contributed by atoms with van der Waals surface area (Å²) in [5, 5.41) is 31.3. The molecule has 0 aromatic carbocycles. The highest BCUT2D eigenvalue weighted by Crippen LogP contribution is 2.78. The van der Waals surface area contributed by atoms with Crippen molar-refractivity contribution in [3.8, 4) is 0 Å². The van der Waals surface area contributed by atoms with Crippen molar-refractivity contribution in [1.82, 2.24) is 0 Å². The molecule has 4 saturated carbocycles. The average molecular weight is 383 g/mol. The maximum absolute atomic E-state index is 12.8. The summed E-state index contributed by atoms with van der Waals surface area (Å²) in [5.41, 5.74) is -3.40. The number of carbonyl (C=O) groups is 2. The third kappa shape index (κ3) is 1.49. The summed E-state index contributed by atoms with van der Waals surface area (Å²) in [5.74, 6) is -3.26. The number of fused-ring (bicyclic) bond motifs is 1. The van der Waals surface area contributed by atoms with Crippen molar-refractivity contribution in [2.75, 3.05) is 0 Å². The molecule has 1 heterocycles. The van der Waals surface area contributed by atoms with Crippen LogP contribution < -0.4 is 0 Å². The molecule has 0 aromatic rings. The van der Waals surface area contributed by atoms with Crippen molar-refractivity contribution in [2.24, 2.45) is 28.6 Å². The van der Waals surface area contributed by atoms with Gasteiger partial charge in [0.15, 0.2) is 0 Å². The molecule has 5 aliphatic rings. The van der Waals surface area contributed by atoms with Gasteiger partial charge in [-0.1, -0.05) is 6.58 Å². The van der Waals surface area contributed by atoms with E-state index in [1.54, 1.807) is 6.92 Å². The van der Waals surface area contributed by atoms with Crippen molar-refractivity contribution in [3.05, 3.63) is 12.2 Å². The Bertz CT molecular complexity index is 767. The number of alkyl halides is 1. The Labute approximate surface area is 156 Å². The monoisotopic (exact) mass is 382 g/mol. The van der Waals surface area contributed by atoms with E-state index < -0.39 is 57.3 Å². The first-order valence-corrected chi connectivity index (χ1v) is 9.66. The van der Waals surface area contributed by atoms with Gasteiger partial charge >= 0.3 is 11.9 Å². The van der Waals surface area contributed by atoms with E-state index in [4.69, 9.17) is 16.3 Å². The number of esters is 1. The summed E-state index contributed by atoms with van der Waals surface area (Å²) in [6, 6.07) is 0. The molecule has 26 heavy (non-hydrogen) atoms. The van der Waals surface area contributed by atoms with Gasteiger partial charge in [-0.3, -0.25) is 9.59 Å². The van der Waals surface area contributed by atoms with Gasteiger partial charge in [0.1, 0.15) is 5.60 Å². The van der Waals surface area contributed by atoms with Gasteiger partial charge in [0, 0.05) is 18.3 Å². The topological polar surface area (TPSA) is 104 Å². The molecule has 6 nitrogen and oxygen atoms in total. The molecule has 1 saturated heterocycles. The van der Waals surface area contributed by atoms with E-state index in [0.29, 0.717) is 31.3 Å². The Balaban J connectivity index is 1.77. The summed E-state index contributed by atoms with van der Waals surface area (Å²) in [7, 11) is 0. The van der Waals surface area contributed by atoms with E-state index in [-0.39, 0.29) is 12.3 Å². The predicted molar refractivity (Wildman–Crippen MR) is 90.3 cm³/mol. The third-order valence-electron chi connectivity index (χ3n) is 8.54. The minimum atomic E-state index is -1.35. The van der Waals surface area contributed by atoms with Gasteiger partial charge in [0.25, 0.3) is 0 Å². The van der Waals surface area contributed by atoms with Gasteiger partial charge < -0.3 is 20.1 Å². The van der Waals surface area contributed by atoms with Crippen LogP contribution in [-0.4, -0.2) is 49.9 Å². The Hall–Kier alpha value is -1.11. The number of aliphatic hydroxyl groups is 2. The summed E-state index contributed by atoms with van der Waals surface area (Å²) in [4.78, 5) is 25.3. The summed E-state index contributed by atoms with van der Waals surface area (Å²) in [6.45, 7) is 5.63. The Morgan fingerprint density at radius 2 is 2.12 bits per heavy atom. The lowest BCUT2D eigenvalue weighted by Gasteiger charge is -2.46. The fraction of sp³-hybridized carbons (Fsp3) is 0.789. The summed E-state index contributed by atoms with van der Waals surface area (Å²) in [6.07, 6.45) is 0.902. The molecule has 4 aliphatic carbocycles. The van der Waals surface area contributed by atoms with Crippen LogP contribution in [0.2, 0.25) is 0 Å². The van der Waals surface area contributed by atoms with Crippen LogP contribution in [0.3, 0.4) is 0 Å². The van der Waals surface area contributed by atoms with Crippen molar-refractivity contribution in [2.45, 2.75) is 61.7 Å². The van der Waals surface area contributed by atoms with E-state index in [9.17, 15) is 24.9 Å². The lowest BCUT2D eigenvalue weighted by molar-refractivity contribution is -0.164. The Morgan fingerprint density at radius 1 is 1.42 bits per heavy atom. The maximum atomic E-state index is 12.8. The molecule has 1 aliphatic heterocycles. The predicted octanol–water partition coefficient (Wildman–Crippen LogP) is 1.47. The van der Waals surface area contributed by atoms with Crippen molar-refractivity contribution < 1.29 is 29.6 Å². The van der Waals surface area contributed by atoms with E-state index in [0.717, 1.165) is 0 Å². The number of carboxylic acid groups (broad SMARTS) is 1. The molecule has 9 atom stereocenters. The number of halogens is 1. The number of carbonyl (C=O) groups excluding carboxylic acids is 1. The largest absolute Gasteiger partial charge is 0.481 e. The highest BCUT2D eigenvalue weighted by Gasteiger charge is 2.85. The third-order valence-corrected chi connectivity index (χ3v) is 8.93. The molecular formula is C19H23ClO6. The molecule has 0 radical (unpaired) electrons. The molecule has 0 amide bonds. The van der Waals surface area contributed by atoms with Gasteiger partial charge in [0.2, 0.25) is 0 Å². The fourth-order valence-corrected chi connectivity index (χ4v) is 8.17. The lowest BCUT2D eigenvalue weighted by Crippen LogP contribution is -2.57.